The first kappa shape index (κ1) is 19.0. The highest BCUT2D eigenvalue weighted by Gasteiger charge is 2.43. The van der Waals surface area contributed by atoms with Crippen molar-refractivity contribution < 1.29 is 14.2 Å². The molecule has 140 valence electrons. The van der Waals surface area contributed by atoms with Crippen molar-refractivity contribution in [1.82, 2.24) is 4.90 Å². The largest absolute Gasteiger partial charge is 0.385 e. The van der Waals surface area contributed by atoms with E-state index in [9.17, 15) is 9.50 Å². The maximum absolute atomic E-state index is 13.0. The standard InChI is InChI=1S/C22H28FNO2/c1-24(2)15-19-14-21(26-16-17-8-10-20(23)11-9-17)12-13-22(19,25)18-6-4-3-5-7-18/h3-11,19,21,25H,12-16H2,1-2H3. The lowest BCUT2D eigenvalue weighted by atomic mass is 9.70. The molecule has 1 saturated carbocycles. The molecule has 0 saturated heterocycles. The van der Waals surface area contributed by atoms with Crippen LogP contribution in [0, 0.1) is 11.7 Å². The first-order chi connectivity index (χ1) is 12.5. The monoisotopic (exact) mass is 357 g/mol. The van der Waals surface area contributed by atoms with Crippen molar-refractivity contribution in [1.29, 1.82) is 0 Å². The Morgan fingerprint density at radius 2 is 1.81 bits per heavy atom. The van der Waals surface area contributed by atoms with Crippen LogP contribution in [-0.4, -0.2) is 36.8 Å². The van der Waals surface area contributed by atoms with Crippen LogP contribution in [0.2, 0.25) is 0 Å². The summed E-state index contributed by atoms with van der Waals surface area (Å²) in [6, 6.07) is 16.4. The van der Waals surface area contributed by atoms with Gasteiger partial charge in [-0.2, -0.15) is 0 Å². The fourth-order valence-electron chi connectivity index (χ4n) is 3.93. The Morgan fingerprint density at radius 1 is 1.12 bits per heavy atom. The molecule has 1 N–H and O–H groups in total. The second-order valence-corrected chi connectivity index (χ2v) is 7.58. The molecule has 0 amide bonds. The summed E-state index contributed by atoms with van der Waals surface area (Å²) >= 11 is 0. The summed E-state index contributed by atoms with van der Waals surface area (Å²) in [4.78, 5) is 2.13. The Labute approximate surface area is 155 Å². The molecular formula is C22H28FNO2. The Balaban J connectivity index is 1.68. The molecule has 1 fully saturated rings. The van der Waals surface area contributed by atoms with E-state index in [0.29, 0.717) is 13.0 Å². The molecular weight excluding hydrogens is 329 g/mol. The maximum Gasteiger partial charge on any atom is 0.123 e. The SMILES string of the molecule is CN(C)CC1CC(OCc2ccc(F)cc2)CCC1(O)c1ccccc1. The van der Waals surface area contributed by atoms with E-state index >= 15 is 0 Å². The molecule has 3 rings (SSSR count). The van der Waals surface area contributed by atoms with E-state index < -0.39 is 5.60 Å². The van der Waals surface area contributed by atoms with E-state index in [4.69, 9.17) is 4.74 Å². The predicted octanol–water partition coefficient (Wildman–Crippen LogP) is 3.96. The molecule has 2 aromatic carbocycles. The minimum Gasteiger partial charge on any atom is -0.385 e. The van der Waals surface area contributed by atoms with Gasteiger partial charge in [0.1, 0.15) is 5.82 Å². The summed E-state index contributed by atoms with van der Waals surface area (Å²) in [5.41, 5.74) is 1.14. The van der Waals surface area contributed by atoms with Gasteiger partial charge in [0, 0.05) is 12.5 Å². The zero-order chi connectivity index (χ0) is 18.6. The van der Waals surface area contributed by atoms with Crippen molar-refractivity contribution in [2.75, 3.05) is 20.6 Å². The second-order valence-electron chi connectivity index (χ2n) is 7.58. The van der Waals surface area contributed by atoms with Crippen LogP contribution >= 0.6 is 0 Å². The van der Waals surface area contributed by atoms with Gasteiger partial charge in [-0.1, -0.05) is 42.5 Å². The van der Waals surface area contributed by atoms with Gasteiger partial charge in [-0.05, 0) is 56.6 Å². The molecule has 3 atom stereocenters. The molecule has 0 bridgehead atoms. The molecule has 26 heavy (non-hydrogen) atoms. The van der Waals surface area contributed by atoms with Crippen LogP contribution in [0.3, 0.4) is 0 Å². The first-order valence-electron chi connectivity index (χ1n) is 9.26. The highest BCUT2D eigenvalue weighted by molar-refractivity contribution is 5.24. The number of benzene rings is 2. The first-order valence-corrected chi connectivity index (χ1v) is 9.26. The van der Waals surface area contributed by atoms with Crippen molar-refractivity contribution in [3.8, 4) is 0 Å². The van der Waals surface area contributed by atoms with E-state index in [1.807, 2.05) is 44.4 Å². The van der Waals surface area contributed by atoms with Gasteiger partial charge in [-0.3, -0.25) is 0 Å². The van der Waals surface area contributed by atoms with Gasteiger partial charge in [0.25, 0.3) is 0 Å². The van der Waals surface area contributed by atoms with E-state index in [0.717, 1.165) is 30.5 Å². The van der Waals surface area contributed by atoms with E-state index in [1.165, 1.54) is 12.1 Å². The van der Waals surface area contributed by atoms with E-state index in [-0.39, 0.29) is 17.8 Å². The molecule has 3 unspecified atom stereocenters. The fraction of sp³-hybridized carbons (Fsp3) is 0.455. The van der Waals surface area contributed by atoms with Gasteiger partial charge in [0.05, 0.1) is 18.3 Å². The summed E-state index contributed by atoms with van der Waals surface area (Å²) in [5.74, 6) is -0.128. The normalized spacial score (nSPS) is 26.2. The van der Waals surface area contributed by atoms with Gasteiger partial charge in [0.2, 0.25) is 0 Å². The van der Waals surface area contributed by atoms with Gasteiger partial charge in [0.15, 0.2) is 0 Å². The number of hydrogen-bond acceptors (Lipinski definition) is 3. The minimum absolute atomic E-state index is 0.104. The van der Waals surface area contributed by atoms with Crippen LogP contribution in [0.4, 0.5) is 4.39 Å². The van der Waals surface area contributed by atoms with Crippen LogP contribution in [0.25, 0.3) is 0 Å². The molecule has 1 aliphatic carbocycles. The second kappa shape index (κ2) is 8.30. The van der Waals surface area contributed by atoms with Crippen LogP contribution in [-0.2, 0) is 16.9 Å². The third-order valence-corrected chi connectivity index (χ3v) is 5.33. The molecule has 0 spiro atoms. The number of aliphatic hydroxyl groups is 1. The molecule has 0 aromatic heterocycles. The summed E-state index contributed by atoms with van der Waals surface area (Å²) in [5, 5.41) is 11.5. The van der Waals surface area contributed by atoms with Crippen LogP contribution < -0.4 is 0 Å². The Hall–Kier alpha value is -1.75. The zero-order valence-electron chi connectivity index (χ0n) is 15.6. The number of rotatable bonds is 6. The quantitative estimate of drug-likeness (QED) is 0.849. The third-order valence-electron chi connectivity index (χ3n) is 5.33. The van der Waals surface area contributed by atoms with Crippen molar-refractivity contribution >= 4 is 0 Å². The number of halogens is 1. The summed E-state index contributed by atoms with van der Waals surface area (Å²) in [6.45, 7) is 1.28. The lowest BCUT2D eigenvalue weighted by Gasteiger charge is -2.44. The van der Waals surface area contributed by atoms with Gasteiger partial charge in [-0.25, -0.2) is 4.39 Å². The summed E-state index contributed by atoms with van der Waals surface area (Å²) < 4.78 is 19.1. The van der Waals surface area contributed by atoms with Crippen LogP contribution in [0.1, 0.15) is 30.4 Å². The fourth-order valence-corrected chi connectivity index (χ4v) is 3.93. The highest BCUT2D eigenvalue weighted by Crippen LogP contribution is 2.43. The Morgan fingerprint density at radius 3 is 2.46 bits per heavy atom. The van der Waals surface area contributed by atoms with E-state index in [1.54, 1.807) is 12.1 Å². The molecule has 0 heterocycles. The van der Waals surface area contributed by atoms with Gasteiger partial charge < -0.3 is 14.7 Å². The molecule has 4 heteroatoms. The topological polar surface area (TPSA) is 32.7 Å². The lowest BCUT2D eigenvalue weighted by Crippen LogP contribution is -2.46. The molecule has 0 aliphatic heterocycles. The average Bonchev–Trinajstić information content (AvgIpc) is 2.64. The lowest BCUT2D eigenvalue weighted by molar-refractivity contribution is -0.110. The van der Waals surface area contributed by atoms with Crippen LogP contribution in [0.5, 0.6) is 0 Å². The van der Waals surface area contributed by atoms with Crippen LogP contribution in [0.15, 0.2) is 54.6 Å². The van der Waals surface area contributed by atoms with E-state index in [2.05, 4.69) is 4.90 Å². The van der Waals surface area contributed by atoms with Crippen molar-refractivity contribution in [3.63, 3.8) is 0 Å². The number of hydrogen-bond donors (Lipinski definition) is 1. The predicted molar refractivity (Wildman–Crippen MR) is 101 cm³/mol. The number of nitrogens with zero attached hydrogens (tertiary/aromatic N) is 1. The van der Waals surface area contributed by atoms with Crippen molar-refractivity contribution in [3.05, 3.63) is 71.5 Å². The maximum atomic E-state index is 13.0. The number of ether oxygens (including phenoxy) is 1. The van der Waals surface area contributed by atoms with Crippen molar-refractivity contribution in [2.24, 2.45) is 5.92 Å². The molecule has 3 nitrogen and oxygen atoms in total. The van der Waals surface area contributed by atoms with Crippen molar-refractivity contribution in [2.45, 2.75) is 37.6 Å². The minimum atomic E-state index is -0.818. The third kappa shape index (κ3) is 4.50. The Kier molecular flexibility index (Phi) is 6.07. The smallest absolute Gasteiger partial charge is 0.123 e. The summed E-state index contributed by atoms with van der Waals surface area (Å²) in [6.07, 6.45) is 2.42. The zero-order valence-corrected chi connectivity index (χ0v) is 15.6. The molecule has 1 aliphatic rings. The van der Waals surface area contributed by atoms with Gasteiger partial charge >= 0.3 is 0 Å². The summed E-state index contributed by atoms with van der Waals surface area (Å²) in [7, 11) is 4.07. The highest BCUT2D eigenvalue weighted by atomic mass is 19.1. The molecule has 2 aromatic rings. The van der Waals surface area contributed by atoms with Gasteiger partial charge in [-0.15, -0.1) is 0 Å². The average molecular weight is 357 g/mol. The molecule has 0 radical (unpaired) electrons. The Bertz CT molecular complexity index is 689.